The number of hydrogen-bond donors (Lipinski definition) is 1. The number of aromatic nitrogens is 2. The van der Waals surface area contributed by atoms with E-state index < -0.39 is 18.4 Å². The quantitative estimate of drug-likeness (QED) is 0.305. The van der Waals surface area contributed by atoms with Crippen molar-refractivity contribution in [2.45, 2.75) is 32.2 Å². The van der Waals surface area contributed by atoms with Crippen LogP contribution in [0.15, 0.2) is 52.2 Å². The minimum atomic E-state index is -0.792. The Kier molecular flexibility index (Phi) is 7.65. The molecule has 8 nitrogen and oxygen atoms in total. The zero-order valence-electron chi connectivity index (χ0n) is 18.9. The van der Waals surface area contributed by atoms with E-state index in [0.717, 1.165) is 4.90 Å². The number of Topliss-reactive ketones (excluding diaryl/α,β-unsaturated/α-hetero) is 1. The SMILES string of the molecule is CSc1ccc(C(=O)COC(=O)c2nn(CC(C)C)c(=O)c3ccccc23)cc1NC(C)=O. The number of carbonyl (C=O) groups is 3. The molecule has 0 bridgehead atoms. The van der Waals surface area contributed by atoms with Crippen LogP contribution in [0.3, 0.4) is 0 Å². The van der Waals surface area contributed by atoms with Gasteiger partial charge in [0.25, 0.3) is 5.56 Å². The summed E-state index contributed by atoms with van der Waals surface area (Å²) in [5, 5.41) is 7.66. The highest BCUT2D eigenvalue weighted by Crippen LogP contribution is 2.27. The van der Waals surface area contributed by atoms with Crippen LogP contribution in [0.25, 0.3) is 10.8 Å². The smallest absolute Gasteiger partial charge is 0.359 e. The fourth-order valence-corrected chi connectivity index (χ4v) is 3.84. The largest absolute Gasteiger partial charge is 0.452 e. The number of carbonyl (C=O) groups excluding carboxylic acids is 3. The predicted molar refractivity (Wildman–Crippen MR) is 128 cm³/mol. The maximum Gasteiger partial charge on any atom is 0.359 e. The maximum absolute atomic E-state index is 12.8. The Balaban J connectivity index is 1.85. The zero-order chi connectivity index (χ0) is 24.1. The monoisotopic (exact) mass is 467 g/mol. The Hall–Kier alpha value is -3.46. The standard InChI is InChI=1S/C24H25N3O5S/c1-14(2)12-27-23(30)18-8-6-5-7-17(18)22(26-27)24(31)32-13-20(29)16-9-10-21(33-4)19(11-16)25-15(3)28/h5-11,14H,12-13H2,1-4H3,(H,25,28). The molecule has 0 aliphatic carbocycles. The van der Waals surface area contributed by atoms with E-state index in [4.69, 9.17) is 4.74 Å². The third-order valence-corrected chi connectivity index (χ3v) is 5.56. The molecule has 3 aromatic rings. The molecule has 0 radical (unpaired) electrons. The minimum absolute atomic E-state index is 0.0182. The second-order valence-electron chi connectivity index (χ2n) is 7.87. The highest BCUT2D eigenvalue weighted by atomic mass is 32.2. The molecule has 0 saturated carbocycles. The number of nitrogens with zero attached hydrogens (tertiary/aromatic N) is 2. The van der Waals surface area contributed by atoms with Crippen molar-refractivity contribution in [2.75, 3.05) is 18.2 Å². The van der Waals surface area contributed by atoms with Gasteiger partial charge in [-0.1, -0.05) is 38.1 Å². The molecule has 0 atom stereocenters. The van der Waals surface area contributed by atoms with Crippen LogP contribution in [0.2, 0.25) is 0 Å². The molecule has 1 amide bonds. The van der Waals surface area contributed by atoms with Crippen molar-refractivity contribution in [1.29, 1.82) is 0 Å². The van der Waals surface area contributed by atoms with Crippen LogP contribution in [-0.2, 0) is 16.1 Å². The van der Waals surface area contributed by atoms with Gasteiger partial charge in [-0.05, 0) is 30.4 Å². The first-order valence-electron chi connectivity index (χ1n) is 10.4. The number of benzene rings is 2. The van der Waals surface area contributed by atoms with Gasteiger partial charge in [-0.25, -0.2) is 9.48 Å². The van der Waals surface area contributed by atoms with E-state index in [9.17, 15) is 19.2 Å². The molecule has 0 spiro atoms. The maximum atomic E-state index is 12.8. The number of hydrogen-bond acceptors (Lipinski definition) is 7. The molecule has 1 aromatic heterocycles. The van der Waals surface area contributed by atoms with Crippen LogP contribution >= 0.6 is 11.8 Å². The number of thioether (sulfide) groups is 1. The summed E-state index contributed by atoms with van der Waals surface area (Å²) in [5.74, 6) is -1.33. The van der Waals surface area contributed by atoms with Gasteiger partial charge in [-0.3, -0.25) is 14.4 Å². The van der Waals surface area contributed by atoms with E-state index in [-0.39, 0.29) is 23.1 Å². The van der Waals surface area contributed by atoms with Gasteiger partial charge in [0.05, 0.1) is 11.1 Å². The summed E-state index contributed by atoms with van der Waals surface area (Å²) in [7, 11) is 0. The second kappa shape index (κ2) is 10.4. The molecule has 172 valence electrons. The van der Waals surface area contributed by atoms with E-state index in [1.165, 1.54) is 23.4 Å². The lowest BCUT2D eigenvalue weighted by molar-refractivity contribution is -0.114. The van der Waals surface area contributed by atoms with Gasteiger partial charge in [-0.2, -0.15) is 5.10 Å². The number of fused-ring (bicyclic) bond motifs is 1. The molecule has 0 aliphatic heterocycles. The van der Waals surface area contributed by atoms with Crippen molar-refractivity contribution in [3.8, 4) is 0 Å². The first kappa shape index (κ1) is 24.2. The van der Waals surface area contributed by atoms with Gasteiger partial charge in [-0.15, -0.1) is 11.8 Å². The average molecular weight is 468 g/mol. The van der Waals surface area contributed by atoms with Crippen molar-refractivity contribution >= 4 is 45.9 Å². The van der Waals surface area contributed by atoms with E-state index in [1.54, 1.807) is 42.5 Å². The van der Waals surface area contributed by atoms with Crippen molar-refractivity contribution in [1.82, 2.24) is 9.78 Å². The van der Waals surface area contributed by atoms with Crippen LogP contribution in [0.4, 0.5) is 5.69 Å². The fraction of sp³-hybridized carbons (Fsp3) is 0.292. The summed E-state index contributed by atoms with van der Waals surface area (Å²) in [6.07, 6.45) is 1.86. The second-order valence-corrected chi connectivity index (χ2v) is 8.72. The lowest BCUT2D eigenvalue weighted by Gasteiger charge is -2.12. The first-order chi connectivity index (χ1) is 15.7. The number of nitrogens with one attached hydrogen (secondary N) is 1. The fourth-order valence-electron chi connectivity index (χ4n) is 3.31. The Bertz CT molecular complexity index is 1280. The predicted octanol–water partition coefficient (Wildman–Crippen LogP) is 3.77. The van der Waals surface area contributed by atoms with Crippen LogP contribution in [-0.4, -0.2) is 40.3 Å². The van der Waals surface area contributed by atoms with Crippen LogP contribution < -0.4 is 10.9 Å². The average Bonchev–Trinajstić information content (AvgIpc) is 2.78. The van der Waals surface area contributed by atoms with Crippen molar-refractivity contribution in [2.24, 2.45) is 5.92 Å². The van der Waals surface area contributed by atoms with Crippen LogP contribution in [0.1, 0.15) is 41.6 Å². The lowest BCUT2D eigenvalue weighted by Crippen LogP contribution is -2.28. The summed E-state index contributed by atoms with van der Waals surface area (Å²) in [6.45, 7) is 5.11. The number of anilines is 1. The van der Waals surface area contributed by atoms with Gasteiger partial charge >= 0.3 is 5.97 Å². The van der Waals surface area contributed by atoms with E-state index in [0.29, 0.717) is 28.6 Å². The zero-order valence-corrected chi connectivity index (χ0v) is 19.7. The molecule has 33 heavy (non-hydrogen) atoms. The number of ketones is 1. The molecule has 1 N–H and O–H groups in total. The Morgan fingerprint density at radius 2 is 1.82 bits per heavy atom. The topological polar surface area (TPSA) is 107 Å². The molecule has 0 unspecified atom stereocenters. The van der Waals surface area contributed by atoms with E-state index in [2.05, 4.69) is 10.4 Å². The normalized spacial score (nSPS) is 10.9. The molecular weight excluding hydrogens is 442 g/mol. The summed E-state index contributed by atoms with van der Waals surface area (Å²) in [4.78, 5) is 50.5. The number of esters is 1. The number of amides is 1. The highest BCUT2D eigenvalue weighted by molar-refractivity contribution is 7.98. The molecular formula is C24H25N3O5S. The summed E-state index contributed by atoms with van der Waals surface area (Å²) >= 11 is 1.43. The first-order valence-corrected chi connectivity index (χ1v) is 11.6. The Morgan fingerprint density at radius 1 is 1.12 bits per heavy atom. The molecule has 2 aromatic carbocycles. The summed E-state index contributed by atoms with van der Waals surface area (Å²) in [6, 6.07) is 11.6. The van der Waals surface area contributed by atoms with Crippen molar-refractivity contribution in [3.63, 3.8) is 0 Å². The number of rotatable bonds is 8. The van der Waals surface area contributed by atoms with E-state index >= 15 is 0 Å². The summed E-state index contributed by atoms with van der Waals surface area (Å²) in [5.41, 5.74) is 0.508. The Labute approximate surface area is 195 Å². The lowest BCUT2D eigenvalue weighted by atomic mass is 10.1. The van der Waals surface area contributed by atoms with Gasteiger partial charge in [0.15, 0.2) is 18.1 Å². The molecule has 9 heteroatoms. The van der Waals surface area contributed by atoms with Crippen LogP contribution in [0.5, 0.6) is 0 Å². The third kappa shape index (κ3) is 5.67. The molecule has 3 rings (SSSR count). The van der Waals surface area contributed by atoms with Gasteiger partial charge < -0.3 is 10.1 Å². The third-order valence-electron chi connectivity index (χ3n) is 4.77. The highest BCUT2D eigenvalue weighted by Gasteiger charge is 2.20. The Morgan fingerprint density at radius 3 is 2.45 bits per heavy atom. The van der Waals surface area contributed by atoms with Gasteiger partial charge in [0.2, 0.25) is 5.91 Å². The van der Waals surface area contributed by atoms with Gasteiger partial charge in [0, 0.05) is 29.3 Å². The van der Waals surface area contributed by atoms with Crippen molar-refractivity contribution < 1.29 is 19.1 Å². The molecule has 0 saturated heterocycles. The molecule has 0 fully saturated rings. The molecule has 0 aliphatic rings. The van der Waals surface area contributed by atoms with Crippen molar-refractivity contribution in [3.05, 3.63) is 64.1 Å². The molecule has 1 heterocycles. The van der Waals surface area contributed by atoms with E-state index in [1.807, 2.05) is 20.1 Å². The minimum Gasteiger partial charge on any atom is -0.452 e. The summed E-state index contributed by atoms with van der Waals surface area (Å²) < 4.78 is 6.53. The van der Waals surface area contributed by atoms with Gasteiger partial charge in [0.1, 0.15) is 0 Å². The van der Waals surface area contributed by atoms with Crippen LogP contribution in [0, 0.1) is 5.92 Å². The number of ether oxygens (including phenoxy) is 1.